The van der Waals surface area contributed by atoms with Gasteiger partial charge in [0.25, 0.3) is 0 Å². The van der Waals surface area contributed by atoms with E-state index in [1.54, 1.807) is 6.07 Å². The lowest BCUT2D eigenvalue weighted by Gasteiger charge is -2.36. The summed E-state index contributed by atoms with van der Waals surface area (Å²) in [6.07, 6.45) is 0. The Kier molecular flexibility index (Phi) is 4.56. The summed E-state index contributed by atoms with van der Waals surface area (Å²) < 4.78 is 13.0. The van der Waals surface area contributed by atoms with Crippen molar-refractivity contribution in [2.75, 3.05) is 24.5 Å². The van der Waals surface area contributed by atoms with Crippen LogP contribution in [0.3, 0.4) is 0 Å². The predicted molar refractivity (Wildman–Crippen MR) is 68.1 cm³/mol. The number of nitrogens with zero attached hydrogens (tertiary/aromatic N) is 1. The Morgan fingerprint density at radius 3 is 2.81 bits per heavy atom. The van der Waals surface area contributed by atoms with Crippen molar-refractivity contribution in [3.8, 4) is 0 Å². The second-order valence-electron chi connectivity index (χ2n) is 4.18. The van der Waals surface area contributed by atoms with Crippen LogP contribution in [0.15, 0.2) is 18.2 Å². The summed E-state index contributed by atoms with van der Waals surface area (Å²) in [5, 5.41) is 3.35. The normalized spacial score (nSPS) is 20.4. The van der Waals surface area contributed by atoms with E-state index in [2.05, 4.69) is 17.1 Å². The zero-order valence-corrected chi connectivity index (χ0v) is 10.5. The summed E-state index contributed by atoms with van der Waals surface area (Å²) >= 11 is 0. The molecule has 1 fully saturated rings. The fourth-order valence-electron chi connectivity index (χ4n) is 2.14. The SMILES string of the molecule is Cc1cc(F)ccc1N1CCNC[C@H]1C.Cl. The average molecular weight is 245 g/mol. The van der Waals surface area contributed by atoms with Gasteiger partial charge in [0.15, 0.2) is 0 Å². The van der Waals surface area contributed by atoms with Crippen LogP contribution in [0, 0.1) is 12.7 Å². The van der Waals surface area contributed by atoms with E-state index in [-0.39, 0.29) is 18.2 Å². The van der Waals surface area contributed by atoms with Gasteiger partial charge in [-0.1, -0.05) is 0 Å². The van der Waals surface area contributed by atoms with E-state index < -0.39 is 0 Å². The molecule has 0 saturated carbocycles. The largest absolute Gasteiger partial charge is 0.366 e. The Hall–Kier alpha value is -0.800. The van der Waals surface area contributed by atoms with Crippen molar-refractivity contribution >= 4 is 18.1 Å². The molecule has 0 unspecified atom stereocenters. The van der Waals surface area contributed by atoms with Crippen molar-refractivity contribution in [1.82, 2.24) is 5.32 Å². The lowest BCUT2D eigenvalue weighted by molar-refractivity contribution is 0.499. The van der Waals surface area contributed by atoms with Gasteiger partial charge in [-0.2, -0.15) is 0 Å². The number of hydrogen-bond donors (Lipinski definition) is 1. The molecule has 0 aromatic heterocycles. The highest BCUT2D eigenvalue weighted by molar-refractivity contribution is 5.85. The number of hydrogen-bond acceptors (Lipinski definition) is 2. The molecule has 1 aliphatic heterocycles. The molecule has 1 atom stereocenters. The highest BCUT2D eigenvalue weighted by Crippen LogP contribution is 2.23. The van der Waals surface area contributed by atoms with Gasteiger partial charge in [0, 0.05) is 31.4 Å². The van der Waals surface area contributed by atoms with Gasteiger partial charge in [-0.15, -0.1) is 12.4 Å². The fraction of sp³-hybridized carbons (Fsp3) is 0.500. The highest BCUT2D eigenvalue weighted by atomic mass is 35.5. The molecular formula is C12H18ClFN2. The Bertz CT molecular complexity index is 357. The van der Waals surface area contributed by atoms with Crippen LogP contribution < -0.4 is 10.2 Å². The van der Waals surface area contributed by atoms with Crippen molar-refractivity contribution in [1.29, 1.82) is 0 Å². The molecule has 0 spiro atoms. The maximum Gasteiger partial charge on any atom is 0.123 e. The van der Waals surface area contributed by atoms with E-state index in [1.807, 2.05) is 13.0 Å². The van der Waals surface area contributed by atoms with E-state index in [9.17, 15) is 4.39 Å². The lowest BCUT2D eigenvalue weighted by atomic mass is 10.1. The maximum atomic E-state index is 13.0. The van der Waals surface area contributed by atoms with Crippen LogP contribution >= 0.6 is 12.4 Å². The van der Waals surface area contributed by atoms with Crippen molar-refractivity contribution in [2.45, 2.75) is 19.9 Å². The second-order valence-corrected chi connectivity index (χ2v) is 4.18. The van der Waals surface area contributed by atoms with E-state index in [1.165, 1.54) is 6.07 Å². The molecule has 2 nitrogen and oxygen atoms in total. The number of rotatable bonds is 1. The van der Waals surface area contributed by atoms with Crippen LogP contribution in [0.4, 0.5) is 10.1 Å². The summed E-state index contributed by atoms with van der Waals surface area (Å²) in [5.74, 6) is -0.154. The monoisotopic (exact) mass is 244 g/mol. The van der Waals surface area contributed by atoms with Gasteiger partial charge < -0.3 is 10.2 Å². The average Bonchev–Trinajstić information content (AvgIpc) is 2.20. The molecule has 0 aliphatic carbocycles. The zero-order valence-electron chi connectivity index (χ0n) is 9.66. The zero-order chi connectivity index (χ0) is 10.8. The van der Waals surface area contributed by atoms with Crippen molar-refractivity contribution in [2.24, 2.45) is 0 Å². The van der Waals surface area contributed by atoms with Gasteiger partial charge >= 0.3 is 0 Å². The smallest absolute Gasteiger partial charge is 0.123 e. The van der Waals surface area contributed by atoms with Crippen LogP contribution in [0.1, 0.15) is 12.5 Å². The molecule has 1 saturated heterocycles. The highest BCUT2D eigenvalue weighted by Gasteiger charge is 2.19. The Labute approximate surface area is 102 Å². The Balaban J connectivity index is 0.00000128. The third kappa shape index (κ3) is 2.66. The molecule has 0 bridgehead atoms. The van der Waals surface area contributed by atoms with Gasteiger partial charge in [-0.3, -0.25) is 0 Å². The minimum atomic E-state index is -0.154. The first-order chi connectivity index (χ1) is 7.18. The molecule has 1 N–H and O–H groups in total. The second kappa shape index (κ2) is 5.51. The molecule has 0 radical (unpaired) electrons. The molecular weight excluding hydrogens is 227 g/mol. The summed E-state index contributed by atoms with van der Waals surface area (Å²) in [5.41, 5.74) is 2.18. The number of halogens is 2. The molecule has 1 heterocycles. The van der Waals surface area contributed by atoms with Crippen LogP contribution in [-0.4, -0.2) is 25.7 Å². The van der Waals surface area contributed by atoms with E-state index in [0.717, 1.165) is 30.9 Å². The summed E-state index contributed by atoms with van der Waals surface area (Å²) in [6.45, 7) is 7.15. The maximum absolute atomic E-state index is 13.0. The van der Waals surface area contributed by atoms with Gasteiger partial charge in [0.1, 0.15) is 5.82 Å². The van der Waals surface area contributed by atoms with Gasteiger partial charge in [0.2, 0.25) is 0 Å². The van der Waals surface area contributed by atoms with Crippen LogP contribution in [0.2, 0.25) is 0 Å². The number of anilines is 1. The molecule has 2 rings (SSSR count). The number of piperazine rings is 1. The lowest BCUT2D eigenvalue weighted by Crippen LogP contribution is -2.50. The minimum Gasteiger partial charge on any atom is -0.366 e. The van der Waals surface area contributed by atoms with Gasteiger partial charge in [-0.25, -0.2) is 4.39 Å². The van der Waals surface area contributed by atoms with Crippen LogP contribution in [0.25, 0.3) is 0 Å². The molecule has 1 aromatic carbocycles. The first-order valence-corrected chi connectivity index (χ1v) is 5.42. The molecule has 90 valence electrons. The molecule has 1 aliphatic rings. The Morgan fingerprint density at radius 1 is 1.44 bits per heavy atom. The fourth-order valence-corrected chi connectivity index (χ4v) is 2.14. The van der Waals surface area contributed by atoms with E-state index >= 15 is 0 Å². The summed E-state index contributed by atoms with van der Waals surface area (Å²) in [6, 6.07) is 5.50. The molecule has 0 amide bonds. The van der Waals surface area contributed by atoms with Gasteiger partial charge in [-0.05, 0) is 37.6 Å². The quantitative estimate of drug-likeness (QED) is 0.816. The summed E-state index contributed by atoms with van der Waals surface area (Å²) in [7, 11) is 0. The number of aryl methyl sites for hydroxylation is 1. The van der Waals surface area contributed by atoms with E-state index in [4.69, 9.17) is 0 Å². The van der Waals surface area contributed by atoms with Crippen LogP contribution in [0.5, 0.6) is 0 Å². The third-order valence-corrected chi connectivity index (χ3v) is 2.97. The first kappa shape index (κ1) is 13.3. The van der Waals surface area contributed by atoms with Crippen LogP contribution in [-0.2, 0) is 0 Å². The van der Waals surface area contributed by atoms with Gasteiger partial charge in [0.05, 0.1) is 0 Å². The molecule has 4 heteroatoms. The predicted octanol–water partition coefficient (Wildman–Crippen LogP) is 2.35. The molecule has 16 heavy (non-hydrogen) atoms. The van der Waals surface area contributed by atoms with E-state index in [0.29, 0.717) is 6.04 Å². The Morgan fingerprint density at radius 2 is 2.19 bits per heavy atom. The van der Waals surface area contributed by atoms with Crippen molar-refractivity contribution < 1.29 is 4.39 Å². The third-order valence-electron chi connectivity index (χ3n) is 2.97. The summed E-state index contributed by atoms with van der Waals surface area (Å²) in [4.78, 5) is 2.34. The first-order valence-electron chi connectivity index (χ1n) is 5.42. The number of nitrogens with one attached hydrogen (secondary N) is 1. The standard InChI is InChI=1S/C12H17FN2.ClH/c1-9-7-11(13)3-4-12(9)15-6-5-14-8-10(15)2;/h3-4,7,10,14H,5-6,8H2,1-2H3;1H/t10-;/m1./s1. The van der Waals surface area contributed by atoms with Crippen molar-refractivity contribution in [3.05, 3.63) is 29.6 Å². The minimum absolute atomic E-state index is 0. The van der Waals surface area contributed by atoms with Crippen molar-refractivity contribution in [3.63, 3.8) is 0 Å². The molecule has 1 aromatic rings. The topological polar surface area (TPSA) is 15.3 Å². The number of benzene rings is 1.